The van der Waals surface area contributed by atoms with Crippen LogP contribution in [0.15, 0.2) is 0 Å². The largest absolute Gasteiger partial charge is 0.479 e. The van der Waals surface area contributed by atoms with Crippen molar-refractivity contribution in [1.29, 1.82) is 0 Å². The Morgan fingerprint density at radius 3 is 2.00 bits per heavy atom. The highest BCUT2D eigenvalue weighted by Gasteiger charge is 1.85. The van der Waals surface area contributed by atoms with Crippen molar-refractivity contribution in [3.05, 3.63) is 0 Å². The minimum Gasteiger partial charge on any atom is -0.479 e. The smallest absolute Gasteiger partial charge is 0.335 e. The topological polar surface area (TPSA) is 37.3 Å². The number of carboxylic acid groups (broad SMARTS) is 1. The van der Waals surface area contributed by atoms with Crippen LogP contribution in [0, 0.1) is 0 Å². The van der Waals surface area contributed by atoms with Crippen LogP contribution in [0.4, 0.5) is 4.39 Å². The van der Waals surface area contributed by atoms with E-state index in [1.807, 2.05) is 0 Å². The highest BCUT2D eigenvalue weighted by Crippen LogP contribution is 1.60. The molecule has 0 fully saturated rings. The minimum atomic E-state index is -1.41. The molecule has 0 aromatic rings. The summed E-state index contributed by atoms with van der Waals surface area (Å²) in [7, 11) is 0. The summed E-state index contributed by atoms with van der Waals surface area (Å²) >= 11 is 4.64. The number of carbonyl (C=O) groups is 1. The molecule has 2 nitrogen and oxygen atoms in total. The van der Waals surface area contributed by atoms with Gasteiger partial charge in [0, 0.05) is 6.38 Å². The number of halogens is 2. The Hall–Kier alpha value is -0.310. The molecule has 0 aliphatic heterocycles. The lowest BCUT2D eigenvalue weighted by atomic mass is 10.8. The molecule has 0 aromatic carbocycles. The monoisotopic (exact) mass is 128 g/mol. The van der Waals surface area contributed by atoms with E-state index in [9.17, 15) is 4.39 Å². The van der Waals surface area contributed by atoms with Crippen molar-refractivity contribution in [2.24, 2.45) is 0 Å². The van der Waals surface area contributed by atoms with Crippen LogP contribution in [0.3, 0.4) is 0 Å². The average Bonchev–Trinajstić information content (AvgIpc) is 1.73. The first-order valence-electron chi connectivity index (χ1n) is 1.43. The van der Waals surface area contributed by atoms with E-state index >= 15 is 0 Å². The highest BCUT2D eigenvalue weighted by atomic mass is 35.5. The van der Waals surface area contributed by atoms with E-state index in [1.54, 1.807) is 0 Å². The third-order valence-electron chi connectivity index (χ3n) is 0.114. The summed E-state index contributed by atoms with van der Waals surface area (Å²) in [6.45, 7) is -1.28. The Bertz CT molecular complexity index is 48.2. The van der Waals surface area contributed by atoms with Crippen molar-refractivity contribution in [3.8, 4) is 0 Å². The first-order chi connectivity index (χ1) is 3.27. The molecule has 44 valence electrons. The first kappa shape index (κ1) is 9.85. The van der Waals surface area contributed by atoms with Crippen LogP contribution < -0.4 is 0 Å². The molecule has 0 aliphatic rings. The third kappa shape index (κ3) is 27.1. The van der Waals surface area contributed by atoms with Crippen LogP contribution >= 0.6 is 11.6 Å². The van der Waals surface area contributed by atoms with Gasteiger partial charge in [0.1, 0.15) is 0 Å². The van der Waals surface area contributed by atoms with Crippen molar-refractivity contribution >= 4 is 17.6 Å². The lowest BCUT2D eigenvalue weighted by Crippen LogP contribution is -1.93. The Morgan fingerprint density at radius 2 is 2.00 bits per heavy atom. The van der Waals surface area contributed by atoms with Crippen molar-refractivity contribution < 1.29 is 14.3 Å². The SMILES string of the molecule is CCl.O=C(O)CF. The van der Waals surface area contributed by atoms with Gasteiger partial charge in [0.15, 0.2) is 6.67 Å². The molecule has 0 unspecified atom stereocenters. The second kappa shape index (κ2) is 9.19. The second-order valence-electron chi connectivity index (χ2n) is 0.527. The number of aliphatic carboxylic acids is 1. The molecule has 0 spiro atoms. The predicted octanol–water partition coefficient (Wildman–Crippen LogP) is 0.895. The zero-order valence-corrected chi connectivity index (χ0v) is 4.57. The summed E-state index contributed by atoms with van der Waals surface area (Å²) in [5, 5.41) is 7.35. The van der Waals surface area contributed by atoms with E-state index in [0.717, 1.165) is 0 Å². The molecule has 0 bridgehead atoms. The fourth-order valence-corrected chi connectivity index (χ4v) is 0. The first-order valence-corrected chi connectivity index (χ1v) is 2.18. The fourth-order valence-electron chi connectivity index (χ4n) is 0. The average molecular weight is 129 g/mol. The molecule has 0 aromatic heterocycles. The van der Waals surface area contributed by atoms with Gasteiger partial charge in [-0.1, -0.05) is 0 Å². The van der Waals surface area contributed by atoms with Crippen molar-refractivity contribution in [3.63, 3.8) is 0 Å². The molecule has 0 amide bonds. The highest BCUT2D eigenvalue weighted by molar-refractivity contribution is 6.15. The van der Waals surface area contributed by atoms with E-state index in [0.29, 0.717) is 0 Å². The van der Waals surface area contributed by atoms with Crippen molar-refractivity contribution in [2.45, 2.75) is 0 Å². The number of hydrogen-bond acceptors (Lipinski definition) is 1. The number of rotatable bonds is 1. The number of alkyl halides is 2. The normalized spacial score (nSPS) is 6.14. The molecular weight excluding hydrogens is 122 g/mol. The van der Waals surface area contributed by atoms with E-state index in [2.05, 4.69) is 11.6 Å². The molecule has 0 heterocycles. The van der Waals surface area contributed by atoms with Crippen LogP contribution in [0.5, 0.6) is 0 Å². The standard InChI is InChI=1S/C2H3FO2.CH3Cl/c3-1-2(4)5;1-2/h1H2,(H,4,5);1H3. The van der Waals surface area contributed by atoms with E-state index in [4.69, 9.17) is 9.90 Å². The van der Waals surface area contributed by atoms with Gasteiger partial charge in [-0.25, -0.2) is 9.18 Å². The Balaban J connectivity index is 0. The summed E-state index contributed by atoms with van der Waals surface area (Å²) < 4.78 is 10.5. The van der Waals surface area contributed by atoms with Gasteiger partial charge in [-0.2, -0.15) is 0 Å². The maximum atomic E-state index is 10.5. The predicted molar refractivity (Wildman–Crippen MR) is 25.4 cm³/mol. The number of hydrogen-bond donors (Lipinski definition) is 1. The quantitative estimate of drug-likeness (QED) is 0.533. The maximum absolute atomic E-state index is 10.5. The number of carboxylic acids is 1. The zero-order chi connectivity index (χ0) is 6.28. The van der Waals surface area contributed by atoms with Crippen LogP contribution in [0.2, 0.25) is 0 Å². The van der Waals surface area contributed by atoms with Gasteiger partial charge in [0.05, 0.1) is 0 Å². The molecule has 0 rings (SSSR count). The summed E-state index contributed by atoms with van der Waals surface area (Å²) in [5.41, 5.74) is 0. The molecule has 0 aliphatic carbocycles. The van der Waals surface area contributed by atoms with Gasteiger partial charge >= 0.3 is 5.97 Å². The molecule has 4 heteroatoms. The molecule has 7 heavy (non-hydrogen) atoms. The van der Waals surface area contributed by atoms with Crippen molar-refractivity contribution in [2.75, 3.05) is 13.1 Å². The van der Waals surface area contributed by atoms with E-state index in [1.165, 1.54) is 6.38 Å². The third-order valence-corrected chi connectivity index (χ3v) is 0.114. The van der Waals surface area contributed by atoms with Gasteiger partial charge in [-0.15, -0.1) is 11.6 Å². The van der Waals surface area contributed by atoms with E-state index < -0.39 is 12.6 Å². The molecule has 0 atom stereocenters. The molecule has 0 radical (unpaired) electrons. The summed E-state index contributed by atoms with van der Waals surface area (Å²) in [4.78, 5) is 8.99. The summed E-state index contributed by atoms with van der Waals surface area (Å²) in [6, 6.07) is 0. The van der Waals surface area contributed by atoms with Crippen LogP contribution in [0.25, 0.3) is 0 Å². The van der Waals surface area contributed by atoms with Gasteiger partial charge < -0.3 is 5.11 Å². The van der Waals surface area contributed by atoms with Crippen LogP contribution in [0.1, 0.15) is 0 Å². The van der Waals surface area contributed by atoms with Crippen LogP contribution in [-0.2, 0) is 4.79 Å². The van der Waals surface area contributed by atoms with E-state index in [-0.39, 0.29) is 0 Å². The fraction of sp³-hybridized carbons (Fsp3) is 0.667. The second-order valence-corrected chi connectivity index (χ2v) is 0.527. The van der Waals surface area contributed by atoms with Gasteiger partial charge in [0.2, 0.25) is 0 Å². The lowest BCUT2D eigenvalue weighted by molar-refractivity contribution is -0.137. The summed E-state index contributed by atoms with van der Waals surface area (Å²) in [6.07, 6.45) is 1.47. The zero-order valence-electron chi connectivity index (χ0n) is 3.82. The Labute approximate surface area is 45.9 Å². The molecule has 1 N–H and O–H groups in total. The minimum absolute atomic E-state index is 1.28. The Kier molecular flexibility index (Phi) is 12.9. The molecule has 0 saturated carbocycles. The van der Waals surface area contributed by atoms with Crippen LogP contribution in [-0.4, -0.2) is 24.1 Å². The van der Waals surface area contributed by atoms with Gasteiger partial charge in [-0.3, -0.25) is 0 Å². The van der Waals surface area contributed by atoms with Crippen molar-refractivity contribution in [1.82, 2.24) is 0 Å². The molecule has 0 saturated heterocycles. The van der Waals surface area contributed by atoms with Gasteiger partial charge in [0.25, 0.3) is 0 Å². The van der Waals surface area contributed by atoms with Gasteiger partial charge in [-0.05, 0) is 0 Å². The lowest BCUT2D eigenvalue weighted by Gasteiger charge is -1.69. The maximum Gasteiger partial charge on any atom is 0.335 e. The molecular formula is C3H6ClFO2. The summed E-state index contributed by atoms with van der Waals surface area (Å²) in [5.74, 6) is -1.41. The Morgan fingerprint density at radius 1 is 1.86 bits per heavy atom.